The van der Waals surface area contributed by atoms with Gasteiger partial charge in [-0.1, -0.05) is 32.0 Å². The van der Waals surface area contributed by atoms with E-state index in [1.165, 1.54) is 4.90 Å². The number of likely N-dealkylation sites (N-methyl/N-ethyl adjacent to an activating group) is 1. The Hall–Kier alpha value is -1.84. The molecule has 0 aromatic heterocycles. The molecule has 19 heavy (non-hydrogen) atoms. The number of piperazine rings is 1. The molecule has 1 saturated heterocycles. The van der Waals surface area contributed by atoms with Crippen molar-refractivity contribution in [1.29, 1.82) is 0 Å². The molecule has 1 aromatic rings. The van der Waals surface area contributed by atoms with Gasteiger partial charge in [0.25, 0.3) is 0 Å². The van der Waals surface area contributed by atoms with Crippen molar-refractivity contribution in [2.24, 2.45) is 0 Å². The quantitative estimate of drug-likeness (QED) is 0.762. The second-order valence-corrected chi connectivity index (χ2v) is 5.35. The van der Waals surface area contributed by atoms with E-state index in [2.05, 4.69) is 13.8 Å². The maximum absolute atomic E-state index is 12.2. The average Bonchev–Trinajstić information content (AvgIpc) is 2.37. The fourth-order valence-corrected chi connectivity index (χ4v) is 2.46. The van der Waals surface area contributed by atoms with Gasteiger partial charge in [-0.2, -0.15) is 0 Å². The highest BCUT2D eigenvalue weighted by Crippen LogP contribution is 2.31. The standard InChI is InChI=1S/C15H20N2O2/c1-10(2)12-7-5-6-11(3)13(12)17-9-8-16(4)14(18)15(17)19/h5-7,10H,8-9H2,1-4H3. The Morgan fingerprint density at radius 3 is 2.42 bits per heavy atom. The summed E-state index contributed by atoms with van der Waals surface area (Å²) in [7, 11) is 1.67. The first-order chi connectivity index (χ1) is 8.93. The lowest BCUT2D eigenvalue weighted by Gasteiger charge is -2.34. The number of hydrogen-bond acceptors (Lipinski definition) is 2. The van der Waals surface area contributed by atoms with Crippen LogP contribution in [0.1, 0.15) is 30.9 Å². The van der Waals surface area contributed by atoms with Crippen molar-refractivity contribution in [2.45, 2.75) is 26.7 Å². The van der Waals surface area contributed by atoms with E-state index in [0.29, 0.717) is 19.0 Å². The molecule has 102 valence electrons. The van der Waals surface area contributed by atoms with Gasteiger partial charge < -0.3 is 9.80 Å². The van der Waals surface area contributed by atoms with E-state index in [1.807, 2.05) is 25.1 Å². The molecule has 1 heterocycles. The number of amides is 2. The average molecular weight is 260 g/mol. The normalized spacial score (nSPS) is 16.5. The van der Waals surface area contributed by atoms with Gasteiger partial charge in [-0.3, -0.25) is 9.59 Å². The molecular formula is C15H20N2O2. The summed E-state index contributed by atoms with van der Waals surface area (Å²) in [6.07, 6.45) is 0. The largest absolute Gasteiger partial charge is 0.336 e. The van der Waals surface area contributed by atoms with Crippen molar-refractivity contribution < 1.29 is 9.59 Å². The molecule has 0 unspecified atom stereocenters. The molecule has 0 atom stereocenters. The number of para-hydroxylation sites is 1. The topological polar surface area (TPSA) is 40.6 Å². The monoisotopic (exact) mass is 260 g/mol. The Morgan fingerprint density at radius 1 is 1.11 bits per heavy atom. The Kier molecular flexibility index (Phi) is 3.60. The minimum Gasteiger partial charge on any atom is -0.336 e. The van der Waals surface area contributed by atoms with Gasteiger partial charge in [0.1, 0.15) is 0 Å². The van der Waals surface area contributed by atoms with Crippen molar-refractivity contribution in [3.05, 3.63) is 29.3 Å². The molecule has 0 N–H and O–H groups in total. The van der Waals surface area contributed by atoms with Crippen LogP contribution in [0.15, 0.2) is 18.2 Å². The van der Waals surface area contributed by atoms with Gasteiger partial charge in [0.15, 0.2) is 0 Å². The van der Waals surface area contributed by atoms with Crippen LogP contribution in [0.3, 0.4) is 0 Å². The van der Waals surface area contributed by atoms with Gasteiger partial charge >= 0.3 is 11.8 Å². The highest BCUT2D eigenvalue weighted by molar-refractivity contribution is 6.41. The number of aryl methyl sites for hydroxylation is 1. The summed E-state index contributed by atoms with van der Waals surface area (Å²) in [5, 5.41) is 0. The molecule has 1 fully saturated rings. The summed E-state index contributed by atoms with van der Waals surface area (Å²) in [5.74, 6) is -0.536. The van der Waals surface area contributed by atoms with Gasteiger partial charge in [-0.15, -0.1) is 0 Å². The van der Waals surface area contributed by atoms with E-state index < -0.39 is 11.8 Å². The number of hydrogen-bond donors (Lipinski definition) is 0. The summed E-state index contributed by atoms with van der Waals surface area (Å²) < 4.78 is 0. The summed E-state index contributed by atoms with van der Waals surface area (Å²) in [6, 6.07) is 6.01. The van der Waals surface area contributed by atoms with E-state index in [0.717, 1.165) is 16.8 Å². The molecule has 0 aliphatic carbocycles. The van der Waals surface area contributed by atoms with E-state index in [4.69, 9.17) is 0 Å². The zero-order chi connectivity index (χ0) is 14.2. The molecule has 4 heteroatoms. The third kappa shape index (κ3) is 2.35. The summed E-state index contributed by atoms with van der Waals surface area (Å²) in [6.45, 7) is 7.32. The van der Waals surface area contributed by atoms with Crippen LogP contribution in [0.25, 0.3) is 0 Å². The van der Waals surface area contributed by atoms with Crippen LogP contribution in [-0.2, 0) is 9.59 Å². The lowest BCUT2D eigenvalue weighted by atomic mass is 9.97. The highest BCUT2D eigenvalue weighted by Gasteiger charge is 2.33. The molecule has 0 saturated carbocycles. The van der Waals surface area contributed by atoms with Crippen molar-refractivity contribution in [3.8, 4) is 0 Å². The molecule has 1 aliphatic rings. The molecule has 4 nitrogen and oxygen atoms in total. The van der Waals surface area contributed by atoms with E-state index in [1.54, 1.807) is 11.9 Å². The van der Waals surface area contributed by atoms with Gasteiger partial charge in [0, 0.05) is 20.1 Å². The molecule has 0 bridgehead atoms. The zero-order valence-corrected chi connectivity index (χ0v) is 11.9. The van der Waals surface area contributed by atoms with Crippen LogP contribution >= 0.6 is 0 Å². The number of rotatable bonds is 2. The van der Waals surface area contributed by atoms with Crippen LogP contribution in [-0.4, -0.2) is 36.9 Å². The predicted molar refractivity (Wildman–Crippen MR) is 75.3 cm³/mol. The van der Waals surface area contributed by atoms with E-state index in [-0.39, 0.29) is 0 Å². The van der Waals surface area contributed by atoms with Gasteiger partial charge in [0.05, 0.1) is 5.69 Å². The summed E-state index contributed by atoms with van der Waals surface area (Å²) >= 11 is 0. The molecule has 1 aromatic carbocycles. The van der Waals surface area contributed by atoms with Gasteiger partial charge in [-0.25, -0.2) is 0 Å². The Bertz CT molecular complexity index is 523. The number of nitrogens with zero attached hydrogens (tertiary/aromatic N) is 2. The zero-order valence-electron chi connectivity index (χ0n) is 11.9. The van der Waals surface area contributed by atoms with Crippen LogP contribution < -0.4 is 4.90 Å². The van der Waals surface area contributed by atoms with Crippen LogP contribution in [0.5, 0.6) is 0 Å². The maximum atomic E-state index is 12.2. The first-order valence-corrected chi connectivity index (χ1v) is 6.60. The lowest BCUT2D eigenvalue weighted by Crippen LogP contribution is -2.53. The van der Waals surface area contributed by atoms with E-state index >= 15 is 0 Å². The van der Waals surface area contributed by atoms with Gasteiger partial charge in [0.2, 0.25) is 0 Å². The third-order valence-electron chi connectivity index (χ3n) is 3.59. The van der Waals surface area contributed by atoms with Crippen molar-refractivity contribution >= 4 is 17.5 Å². The molecule has 2 amide bonds. The minimum atomic E-state index is -0.427. The molecular weight excluding hydrogens is 240 g/mol. The maximum Gasteiger partial charge on any atom is 0.316 e. The number of carbonyl (C=O) groups excluding carboxylic acids is 2. The fourth-order valence-electron chi connectivity index (χ4n) is 2.46. The van der Waals surface area contributed by atoms with Crippen molar-refractivity contribution in [1.82, 2.24) is 4.90 Å². The molecule has 1 aliphatic heterocycles. The summed E-state index contributed by atoms with van der Waals surface area (Å²) in [4.78, 5) is 27.1. The number of carbonyl (C=O) groups is 2. The lowest BCUT2D eigenvalue weighted by molar-refractivity contribution is -0.145. The fraction of sp³-hybridized carbons (Fsp3) is 0.467. The van der Waals surface area contributed by atoms with Crippen molar-refractivity contribution in [2.75, 3.05) is 25.0 Å². The number of benzene rings is 1. The van der Waals surface area contributed by atoms with Gasteiger partial charge in [-0.05, 0) is 24.0 Å². The second kappa shape index (κ2) is 5.03. The molecule has 2 rings (SSSR count). The summed E-state index contributed by atoms with van der Waals surface area (Å²) in [5.41, 5.74) is 3.06. The van der Waals surface area contributed by atoms with E-state index in [9.17, 15) is 9.59 Å². The van der Waals surface area contributed by atoms with Crippen molar-refractivity contribution in [3.63, 3.8) is 0 Å². The SMILES string of the molecule is Cc1cccc(C(C)C)c1N1CCN(C)C(=O)C1=O. The number of anilines is 1. The second-order valence-electron chi connectivity index (χ2n) is 5.35. The Labute approximate surface area is 114 Å². The third-order valence-corrected chi connectivity index (χ3v) is 3.59. The smallest absolute Gasteiger partial charge is 0.316 e. The Morgan fingerprint density at radius 2 is 1.79 bits per heavy atom. The van der Waals surface area contributed by atoms with Crippen LogP contribution in [0.4, 0.5) is 5.69 Å². The highest BCUT2D eigenvalue weighted by atomic mass is 16.2. The first-order valence-electron chi connectivity index (χ1n) is 6.60. The van der Waals surface area contributed by atoms with Crippen LogP contribution in [0, 0.1) is 6.92 Å². The van der Waals surface area contributed by atoms with Crippen LogP contribution in [0.2, 0.25) is 0 Å². The molecule has 0 spiro atoms. The first kappa shape index (κ1) is 13.6. The Balaban J connectivity index is 2.47. The molecule has 0 radical (unpaired) electrons. The minimum absolute atomic E-state index is 0.317. The predicted octanol–water partition coefficient (Wildman–Crippen LogP) is 1.92.